The Morgan fingerprint density at radius 2 is 1.68 bits per heavy atom. The lowest BCUT2D eigenvalue weighted by Gasteiger charge is -2.33. The Hall–Kier alpha value is -2.66. The number of carbonyl (C=O) groups excluding carboxylic acids is 1. The van der Waals surface area contributed by atoms with Gasteiger partial charge in [0, 0.05) is 5.69 Å². The number of piperazine rings is 1. The van der Waals surface area contributed by atoms with Crippen molar-refractivity contribution in [2.24, 2.45) is 5.10 Å². The average Bonchev–Trinajstić information content (AvgIpc) is 2.68. The molecule has 0 atom stereocenters. The van der Waals surface area contributed by atoms with E-state index in [0.717, 1.165) is 38.3 Å². The molecule has 130 valence electrons. The lowest BCUT2D eigenvalue weighted by Crippen LogP contribution is -3.15. The zero-order valence-corrected chi connectivity index (χ0v) is 14.4. The lowest BCUT2D eigenvalue weighted by atomic mass is 10.2. The molecule has 5 heteroatoms. The van der Waals surface area contributed by atoms with Gasteiger partial charge >= 0.3 is 0 Å². The maximum atomic E-state index is 11.9. The summed E-state index contributed by atoms with van der Waals surface area (Å²) in [5.41, 5.74) is 4.88. The first-order valence-corrected chi connectivity index (χ1v) is 8.82. The monoisotopic (exact) mass is 337 g/mol. The highest BCUT2D eigenvalue weighted by Gasteiger charge is 2.20. The number of rotatable bonds is 6. The molecule has 0 bridgehead atoms. The van der Waals surface area contributed by atoms with E-state index in [-0.39, 0.29) is 5.91 Å². The van der Waals surface area contributed by atoms with Crippen LogP contribution in [0.1, 0.15) is 12.0 Å². The maximum absolute atomic E-state index is 11.9. The minimum absolute atomic E-state index is 0.0230. The van der Waals surface area contributed by atoms with Gasteiger partial charge in [0.25, 0.3) is 0 Å². The molecule has 1 saturated heterocycles. The molecule has 0 saturated carbocycles. The van der Waals surface area contributed by atoms with Gasteiger partial charge in [-0.3, -0.25) is 4.79 Å². The zero-order valence-electron chi connectivity index (χ0n) is 14.4. The van der Waals surface area contributed by atoms with Crippen LogP contribution in [0.15, 0.2) is 65.8 Å². The van der Waals surface area contributed by atoms with Gasteiger partial charge in [-0.1, -0.05) is 48.5 Å². The number of hydrazone groups is 1. The average molecular weight is 337 g/mol. The summed E-state index contributed by atoms with van der Waals surface area (Å²) in [5.74, 6) is -0.0230. The quantitative estimate of drug-likeness (QED) is 0.609. The van der Waals surface area contributed by atoms with Gasteiger partial charge in [-0.25, -0.2) is 5.43 Å². The van der Waals surface area contributed by atoms with E-state index in [9.17, 15) is 4.79 Å². The molecular weight excluding hydrogens is 312 g/mol. The minimum Gasteiger partial charge on any atom is -0.360 e. The van der Waals surface area contributed by atoms with Gasteiger partial charge in [-0.05, 0) is 17.7 Å². The van der Waals surface area contributed by atoms with Crippen molar-refractivity contribution in [3.8, 4) is 0 Å². The van der Waals surface area contributed by atoms with Crippen molar-refractivity contribution in [3.63, 3.8) is 0 Å². The number of quaternary nitrogens is 1. The van der Waals surface area contributed by atoms with Gasteiger partial charge in [0.05, 0.1) is 45.4 Å². The highest BCUT2D eigenvalue weighted by atomic mass is 16.2. The molecule has 1 amide bonds. The summed E-state index contributed by atoms with van der Waals surface area (Å²) < 4.78 is 0. The summed E-state index contributed by atoms with van der Waals surface area (Å²) in [7, 11) is 0. The fourth-order valence-electron chi connectivity index (χ4n) is 3.03. The Labute approximate surface area is 148 Å². The molecule has 2 aromatic carbocycles. The normalized spacial score (nSPS) is 15.4. The van der Waals surface area contributed by atoms with Crippen molar-refractivity contribution >= 4 is 17.8 Å². The van der Waals surface area contributed by atoms with Crippen LogP contribution in [0.5, 0.6) is 0 Å². The Bertz CT molecular complexity index is 679. The Balaban J connectivity index is 1.35. The Kier molecular flexibility index (Phi) is 6.17. The van der Waals surface area contributed by atoms with Crippen LogP contribution in [0, 0.1) is 0 Å². The predicted octanol–water partition coefficient (Wildman–Crippen LogP) is 0.932. The second-order valence-corrected chi connectivity index (χ2v) is 6.28. The van der Waals surface area contributed by atoms with Crippen molar-refractivity contribution in [2.75, 3.05) is 37.6 Å². The summed E-state index contributed by atoms with van der Waals surface area (Å²) in [4.78, 5) is 15.8. The summed E-state index contributed by atoms with van der Waals surface area (Å²) >= 11 is 0. The molecular formula is C20H25N4O+. The van der Waals surface area contributed by atoms with E-state index in [0.29, 0.717) is 6.42 Å². The largest absolute Gasteiger partial charge is 0.360 e. The predicted molar refractivity (Wildman–Crippen MR) is 101 cm³/mol. The highest BCUT2D eigenvalue weighted by Crippen LogP contribution is 2.12. The minimum atomic E-state index is -0.0230. The second kappa shape index (κ2) is 8.99. The summed E-state index contributed by atoms with van der Waals surface area (Å²) in [6, 6.07) is 20.3. The molecule has 1 aliphatic rings. The second-order valence-electron chi connectivity index (χ2n) is 6.28. The van der Waals surface area contributed by atoms with Crippen molar-refractivity contribution in [3.05, 3.63) is 66.2 Å². The van der Waals surface area contributed by atoms with Gasteiger partial charge in [-0.15, -0.1) is 0 Å². The molecule has 0 aliphatic carbocycles. The fraction of sp³-hybridized carbons (Fsp3) is 0.300. The Morgan fingerprint density at radius 3 is 2.36 bits per heavy atom. The molecule has 5 nitrogen and oxygen atoms in total. The van der Waals surface area contributed by atoms with Crippen molar-refractivity contribution in [1.82, 2.24) is 5.43 Å². The number of nitrogens with zero attached hydrogens (tertiary/aromatic N) is 2. The van der Waals surface area contributed by atoms with Crippen LogP contribution in [-0.4, -0.2) is 44.8 Å². The summed E-state index contributed by atoms with van der Waals surface area (Å²) in [6.45, 7) is 5.06. The third kappa shape index (κ3) is 5.43. The SMILES string of the molecule is O=C(CC[NH+]1CCN(c2ccccc2)CC1)N/N=C\c1ccccc1. The van der Waals surface area contributed by atoms with E-state index in [1.54, 1.807) is 6.21 Å². The van der Waals surface area contributed by atoms with Crippen molar-refractivity contribution in [2.45, 2.75) is 6.42 Å². The van der Waals surface area contributed by atoms with Gasteiger partial charge in [0.2, 0.25) is 5.91 Å². The van der Waals surface area contributed by atoms with E-state index >= 15 is 0 Å². The standard InChI is InChI=1S/C20H24N4O/c25-20(22-21-17-18-7-3-1-4-8-18)11-12-23-13-15-24(16-14-23)19-9-5-2-6-10-19/h1-10,17H,11-16H2,(H,22,25)/p+1/b21-17-. The van der Waals surface area contributed by atoms with Crippen LogP contribution < -0.4 is 15.2 Å². The van der Waals surface area contributed by atoms with Crippen LogP contribution in [0.4, 0.5) is 5.69 Å². The van der Waals surface area contributed by atoms with Gasteiger partial charge < -0.3 is 9.80 Å². The third-order valence-corrected chi connectivity index (χ3v) is 4.50. The first-order valence-electron chi connectivity index (χ1n) is 8.82. The smallest absolute Gasteiger partial charge is 0.245 e. The van der Waals surface area contributed by atoms with E-state index in [4.69, 9.17) is 0 Å². The van der Waals surface area contributed by atoms with E-state index < -0.39 is 0 Å². The Morgan fingerprint density at radius 1 is 1.04 bits per heavy atom. The zero-order chi connectivity index (χ0) is 17.3. The van der Waals surface area contributed by atoms with Crippen LogP contribution >= 0.6 is 0 Å². The molecule has 2 aromatic rings. The van der Waals surface area contributed by atoms with E-state index in [1.165, 1.54) is 10.6 Å². The van der Waals surface area contributed by atoms with Crippen LogP contribution in [0.2, 0.25) is 0 Å². The number of amides is 1. The number of benzene rings is 2. The number of nitrogens with one attached hydrogen (secondary N) is 2. The number of carbonyl (C=O) groups is 1. The van der Waals surface area contributed by atoms with Crippen LogP contribution in [0.3, 0.4) is 0 Å². The number of hydrogen-bond donors (Lipinski definition) is 2. The highest BCUT2D eigenvalue weighted by molar-refractivity contribution is 5.82. The molecule has 0 spiro atoms. The third-order valence-electron chi connectivity index (χ3n) is 4.50. The molecule has 0 radical (unpaired) electrons. The molecule has 1 aliphatic heterocycles. The molecule has 3 rings (SSSR count). The molecule has 0 unspecified atom stereocenters. The number of para-hydroxylation sites is 1. The van der Waals surface area contributed by atoms with E-state index in [1.807, 2.05) is 36.4 Å². The molecule has 25 heavy (non-hydrogen) atoms. The summed E-state index contributed by atoms with van der Waals surface area (Å²) in [5, 5.41) is 4.01. The van der Waals surface area contributed by atoms with Crippen molar-refractivity contribution in [1.29, 1.82) is 0 Å². The molecule has 1 fully saturated rings. The van der Waals surface area contributed by atoms with E-state index in [2.05, 4.69) is 39.7 Å². The van der Waals surface area contributed by atoms with Crippen molar-refractivity contribution < 1.29 is 9.69 Å². The number of hydrogen-bond acceptors (Lipinski definition) is 3. The lowest BCUT2D eigenvalue weighted by molar-refractivity contribution is -0.900. The van der Waals surface area contributed by atoms with Gasteiger partial charge in [-0.2, -0.15) is 5.10 Å². The molecule has 1 heterocycles. The molecule has 0 aromatic heterocycles. The first-order chi connectivity index (χ1) is 12.3. The number of anilines is 1. The first kappa shape index (κ1) is 17.2. The van der Waals surface area contributed by atoms with Gasteiger partial charge in [0.1, 0.15) is 0 Å². The maximum Gasteiger partial charge on any atom is 0.245 e. The summed E-state index contributed by atoms with van der Waals surface area (Å²) in [6.07, 6.45) is 2.18. The topological polar surface area (TPSA) is 49.1 Å². The molecule has 2 N–H and O–H groups in total. The van der Waals surface area contributed by atoms with Crippen LogP contribution in [-0.2, 0) is 4.79 Å². The fourth-order valence-corrected chi connectivity index (χ4v) is 3.03. The van der Waals surface area contributed by atoms with Gasteiger partial charge in [0.15, 0.2) is 0 Å². The van der Waals surface area contributed by atoms with Crippen LogP contribution in [0.25, 0.3) is 0 Å².